The van der Waals surface area contributed by atoms with Crippen LogP contribution in [-0.2, 0) is 195 Å². The van der Waals surface area contributed by atoms with E-state index in [2.05, 4.69) is 0 Å². The number of carbonyl (C=O) groups is 16. The summed E-state index contributed by atoms with van der Waals surface area (Å²) in [6.45, 7) is 9.64. The fraction of sp³-hybridized carbons (Fsp3) is 0.742. The molecule has 25 atom stereocenters. The van der Waals surface area contributed by atoms with Crippen molar-refractivity contribution in [3.63, 3.8) is 0 Å². The molecule has 5 fully saturated rings. The second kappa shape index (κ2) is 39.3. The zero-order valence-electron chi connectivity index (χ0n) is 59.2. The summed E-state index contributed by atoms with van der Waals surface area (Å²) >= 11 is 0. The molecule has 0 aromatic carbocycles. The average molecular weight is 1500 g/mol. The molecule has 0 aromatic heterocycles. The highest BCUT2D eigenvalue weighted by Crippen LogP contribution is 2.41. The molecule has 0 spiro atoms. The largest absolute Gasteiger partial charge is 0.463 e. The summed E-state index contributed by atoms with van der Waals surface area (Å²) in [7, 11) is 0. The summed E-state index contributed by atoms with van der Waals surface area (Å²) in [5.41, 5.74) is 0. The van der Waals surface area contributed by atoms with Gasteiger partial charge in [-0.1, -0.05) is 0 Å². The molecule has 584 valence electrons. The molecule has 42 heteroatoms. The Kier molecular flexibility index (Phi) is 32.4. The Morgan fingerprint density at radius 1 is 0.212 bits per heavy atom. The van der Waals surface area contributed by atoms with Gasteiger partial charge in [-0.3, -0.25) is 76.7 Å². The van der Waals surface area contributed by atoms with Crippen molar-refractivity contribution in [3.05, 3.63) is 0 Å². The van der Waals surface area contributed by atoms with E-state index in [1.54, 1.807) is 0 Å². The molecule has 42 nitrogen and oxygen atoms in total. The molecule has 0 radical (unpaired) electrons. The fourth-order valence-corrected chi connectivity index (χ4v) is 11.3. The Morgan fingerprint density at radius 3 is 0.654 bits per heavy atom. The first-order valence-electron chi connectivity index (χ1n) is 31.8. The minimum absolute atomic E-state index is 0.809. The molecule has 5 aliphatic rings. The topological polar surface area (TPSA) is 524 Å². The first-order chi connectivity index (χ1) is 48.6. The van der Waals surface area contributed by atoms with E-state index < -0.39 is 282 Å². The van der Waals surface area contributed by atoms with E-state index in [9.17, 15) is 81.8 Å². The van der Waals surface area contributed by atoms with Gasteiger partial charge in [0.2, 0.25) is 6.29 Å². The van der Waals surface area contributed by atoms with Crippen LogP contribution in [0.15, 0.2) is 0 Å². The molecule has 104 heavy (non-hydrogen) atoms. The smallest absolute Gasteiger partial charge is 0.303 e. The Hall–Kier alpha value is -8.88. The molecule has 5 rings (SSSR count). The van der Waals surface area contributed by atoms with Crippen molar-refractivity contribution in [2.24, 2.45) is 0 Å². The Balaban J connectivity index is 1.95. The third kappa shape index (κ3) is 25.5. The van der Waals surface area contributed by atoms with Gasteiger partial charge in [-0.15, -0.1) is 0 Å². The number of rotatable bonds is 29. The van der Waals surface area contributed by atoms with Gasteiger partial charge in [0, 0.05) is 111 Å². The molecule has 5 heterocycles. The summed E-state index contributed by atoms with van der Waals surface area (Å²) in [6.07, 6.45) is -53.3. The SMILES string of the molecule is CC(=O)OC[C@H]1O[C@@H](OC[C@H]2O[C@H](O[C@@H]3O[C@H](COC(C)=O)[C@H](OC(C)=O)[C@H](OC(C)=O)[C@H]3OC(C)=O)[C@H](O[C@@H]3O[C@H](COC(C)=O)[C@H](OC(C)=O)[C@H](OC(C)=O)[C@H]3OC(C)=O)[C@@H](O[C@@H]3O[C@H](COC(C)=O)[C@H](OC(C)=O)[C@H](OC(C)=O)[C@H]3OC(C)=O)[C@H]2O)[C@H](OC(C)=O)[C@@H](OC(C)=O)[C@H]1OC(C)=O. The molecular formula is C62H84O42. The van der Waals surface area contributed by atoms with Crippen molar-refractivity contribution in [1.29, 1.82) is 0 Å². The van der Waals surface area contributed by atoms with E-state index in [0.29, 0.717) is 0 Å². The van der Waals surface area contributed by atoms with Crippen LogP contribution in [0.5, 0.6) is 0 Å². The van der Waals surface area contributed by atoms with Crippen molar-refractivity contribution in [2.75, 3.05) is 33.0 Å². The van der Waals surface area contributed by atoms with Gasteiger partial charge >= 0.3 is 95.5 Å². The second-order valence-electron chi connectivity index (χ2n) is 23.5. The van der Waals surface area contributed by atoms with Gasteiger partial charge in [0.25, 0.3) is 0 Å². The third-order valence-electron chi connectivity index (χ3n) is 14.7. The van der Waals surface area contributed by atoms with Crippen LogP contribution in [-0.4, -0.2) is 287 Å². The van der Waals surface area contributed by atoms with Gasteiger partial charge in [0.05, 0.1) is 6.61 Å². The lowest BCUT2D eigenvalue weighted by molar-refractivity contribution is -0.417. The van der Waals surface area contributed by atoms with Crippen molar-refractivity contribution >= 4 is 95.5 Å². The van der Waals surface area contributed by atoms with Crippen LogP contribution in [0.3, 0.4) is 0 Å². The van der Waals surface area contributed by atoms with E-state index in [4.69, 9.17) is 118 Å². The van der Waals surface area contributed by atoms with Crippen LogP contribution in [0.25, 0.3) is 0 Å². The molecular weight excluding hydrogens is 1420 g/mol. The number of hydrogen-bond donors (Lipinski definition) is 1. The van der Waals surface area contributed by atoms with Crippen LogP contribution >= 0.6 is 0 Å². The maximum Gasteiger partial charge on any atom is 0.303 e. The molecule has 0 bridgehead atoms. The molecule has 0 aliphatic carbocycles. The van der Waals surface area contributed by atoms with E-state index in [-0.39, 0.29) is 0 Å². The molecule has 5 aliphatic heterocycles. The standard InChI is InChI=1S/C62H84O42/c1-22(63)80-18-39-44(85-26(5)67)49(89-30(9)71)54(93-34(13)75)58(98-39)84-17-38-43(79)48(102-59-55(94-35(14)76)50(90-31(10)72)45(86-27(6)68)40(99-59)19-81-23(2)64)53(103-60-56(95-36(15)77)51(91-32(11)73)46(87-28(7)69)41(100-60)20-82-24(3)65)61(97-38)104-62-57(96-37(16)78)52(92-33(12)74)47(88-29(8)70)42(101-62)21-83-25(4)66/h38-62,79H,17-21H2,1-16H3/t38-,39-,40-,41-,42-,43+,44+,45+,46+,47+,48+,49+,50+,51+,52+,53-,54-,55-,56-,57-,58-,59+,60+,61-,62+/m1/s1. The zero-order chi connectivity index (χ0) is 77.9. The van der Waals surface area contributed by atoms with Gasteiger partial charge in [0.15, 0.2) is 98.4 Å². The summed E-state index contributed by atoms with van der Waals surface area (Å²) in [6, 6.07) is 0. The number of carbonyl (C=O) groups excluding carboxylic acids is 16. The van der Waals surface area contributed by atoms with Crippen LogP contribution in [0.1, 0.15) is 111 Å². The highest BCUT2D eigenvalue weighted by atomic mass is 16.8. The van der Waals surface area contributed by atoms with Crippen LogP contribution in [0, 0.1) is 0 Å². The van der Waals surface area contributed by atoms with Crippen molar-refractivity contribution < 1.29 is 200 Å². The monoisotopic (exact) mass is 1500 g/mol. The molecule has 0 saturated carbocycles. The Morgan fingerprint density at radius 2 is 0.404 bits per heavy atom. The summed E-state index contributed by atoms with van der Waals surface area (Å²) in [5.74, 6) is -17.6. The molecule has 0 unspecified atom stereocenters. The van der Waals surface area contributed by atoms with E-state index in [1.807, 2.05) is 0 Å². The highest BCUT2D eigenvalue weighted by Gasteiger charge is 2.62. The number of aliphatic hydroxyl groups excluding tert-OH is 1. The lowest BCUT2D eigenvalue weighted by Crippen LogP contribution is -2.70. The Labute approximate surface area is 591 Å². The Bertz CT molecular complexity index is 3110. The summed E-state index contributed by atoms with van der Waals surface area (Å²) in [4.78, 5) is 207. The predicted molar refractivity (Wildman–Crippen MR) is 319 cm³/mol. The van der Waals surface area contributed by atoms with E-state index >= 15 is 0 Å². The first-order valence-corrected chi connectivity index (χ1v) is 31.8. The lowest BCUT2D eigenvalue weighted by Gasteiger charge is -2.51. The van der Waals surface area contributed by atoms with Crippen LogP contribution < -0.4 is 0 Å². The van der Waals surface area contributed by atoms with Crippen LogP contribution in [0.2, 0.25) is 0 Å². The maximum atomic E-state index is 13.4. The number of ether oxygens (including phenoxy) is 25. The predicted octanol–water partition coefficient (Wildman–Crippen LogP) is -2.79. The van der Waals surface area contributed by atoms with Gasteiger partial charge in [-0.2, -0.15) is 0 Å². The quantitative estimate of drug-likeness (QED) is 0.0584. The number of hydrogen-bond acceptors (Lipinski definition) is 42. The fourth-order valence-electron chi connectivity index (χ4n) is 11.3. The average Bonchev–Trinajstić information content (AvgIpc) is 0.756. The van der Waals surface area contributed by atoms with E-state index in [0.717, 1.165) is 111 Å². The minimum Gasteiger partial charge on any atom is -0.463 e. The zero-order valence-corrected chi connectivity index (χ0v) is 59.2. The first kappa shape index (κ1) is 85.8. The summed E-state index contributed by atoms with van der Waals surface area (Å²) < 4.78 is 146. The van der Waals surface area contributed by atoms with Gasteiger partial charge in [-0.05, 0) is 0 Å². The second-order valence-corrected chi connectivity index (χ2v) is 23.5. The van der Waals surface area contributed by atoms with Crippen molar-refractivity contribution in [2.45, 2.75) is 264 Å². The van der Waals surface area contributed by atoms with E-state index in [1.165, 1.54) is 0 Å². The lowest BCUT2D eigenvalue weighted by atomic mass is 9.95. The summed E-state index contributed by atoms with van der Waals surface area (Å²) in [5, 5.41) is 13.3. The maximum absolute atomic E-state index is 13.4. The van der Waals surface area contributed by atoms with Gasteiger partial charge in [-0.25, -0.2) is 0 Å². The number of aliphatic hydroxyl groups is 1. The van der Waals surface area contributed by atoms with Gasteiger partial charge in [0.1, 0.15) is 75.3 Å². The number of esters is 16. The van der Waals surface area contributed by atoms with Gasteiger partial charge < -0.3 is 124 Å². The molecule has 1 N–H and O–H groups in total. The molecule has 5 saturated heterocycles. The normalized spacial score (nSPS) is 33.0. The molecule has 0 amide bonds. The minimum atomic E-state index is -2.61. The molecule has 0 aromatic rings. The highest BCUT2D eigenvalue weighted by molar-refractivity contribution is 5.72. The van der Waals surface area contributed by atoms with Crippen molar-refractivity contribution in [1.82, 2.24) is 0 Å². The van der Waals surface area contributed by atoms with Crippen molar-refractivity contribution in [3.8, 4) is 0 Å². The van der Waals surface area contributed by atoms with Crippen LogP contribution in [0.4, 0.5) is 0 Å². The third-order valence-corrected chi connectivity index (χ3v) is 14.7.